The molecule has 0 saturated heterocycles. The molecule has 102 valence electrons. The number of hydrazone groups is 3. The van der Waals surface area contributed by atoms with Crippen molar-refractivity contribution < 1.29 is 0 Å². The lowest BCUT2D eigenvalue weighted by Gasteiger charge is -2.22. The third kappa shape index (κ3) is 4.35. The molecule has 0 spiro atoms. The van der Waals surface area contributed by atoms with E-state index in [2.05, 4.69) is 15.3 Å². The van der Waals surface area contributed by atoms with E-state index in [9.17, 15) is 0 Å². The molecule has 1 rings (SSSR count). The van der Waals surface area contributed by atoms with E-state index in [1.54, 1.807) is 5.01 Å². The molecular weight excluding hydrogens is 228 g/mol. The summed E-state index contributed by atoms with van der Waals surface area (Å²) in [6.07, 6.45) is 2.99. The molecule has 0 atom stereocenters. The van der Waals surface area contributed by atoms with Gasteiger partial charge in [-0.1, -0.05) is 0 Å². The van der Waals surface area contributed by atoms with Crippen molar-refractivity contribution >= 4 is 17.1 Å². The van der Waals surface area contributed by atoms with Crippen molar-refractivity contribution in [2.24, 2.45) is 15.3 Å². The van der Waals surface area contributed by atoms with Crippen LogP contribution in [0.3, 0.4) is 0 Å². The Morgan fingerprint density at radius 1 is 0.667 bits per heavy atom. The average Bonchev–Trinajstić information content (AvgIpc) is 2.20. The lowest BCUT2D eigenvalue weighted by atomic mass is 9.94. The predicted octanol–water partition coefficient (Wildman–Crippen LogP) is 0.923. The van der Waals surface area contributed by atoms with E-state index < -0.39 is 0 Å². The maximum absolute atomic E-state index is 4.54. The van der Waals surface area contributed by atoms with Crippen LogP contribution in [0.25, 0.3) is 0 Å². The predicted molar refractivity (Wildman–Crippen MR) is 77.2 cm³/mol. The highest BCUT2D eigenvalue weighted by Gasteiger charge is 2.23. The van der Waals surface area contributed by atoms with Gasteiger partial charge in [-0.05, 0) is 19.3 Å². The van der Waals surface area contributed by atoms with Crippen LogP contribution in [0.15, 0.2) is 15.3 Å². The summed E-state index contributed by atoms with van der Waals surface area (Å²) < 4.78 is 0. The summed E-state index contributed by atoms with van der Waals surface area (Å²) in [7, 11) is 11.6. The number of nitrogens with zero attached hydrogens (tertiary/aromatic N) is 6. The van der Waals surface area contributed by atoms with Crippen LogP contribution in [0.1, 0.15) is 19.3 Å². The molecule has 1 saturated carbocycles. The maximum Gasteiger partial charge on any atom is 0.130 e. The molecule has 0 heterocycles. The highest BCUT2D eigenvalue weighted by Crippen LogP contribution is 2.13. The molecule has 1 aliphatic rings. The van der Waals surface area contributed by atoms with E-state index in [0.29, 0.717) is 0 Å². The fourth-order valence-corrected chi connectivity index (χ4v) is 1.82. The third-order valence-corrected chi connectivity index (χ3v) is 2.32. The Labute approximate surface area is 110 Å². The van der Waals surface area contributed by atoms with Gasteiger partial charge in [-0.3, -0.25) is 0 Å². The van der Waals surface area contributed by atoms with Crippen LogP contribution in [-0.2, 0) is 0 Å². The normalized spacial score (nSPS) is 20.2. The monoisotopic (exact) mass is 252 g/mol. The minimum Gasteiger partial charge on any atom is -0.303 e. The Balaban J connectivity index is 3.13. The van der Waals surface area contributed by atoms with Crippen molar-refractivity contribution in [1.29, 1.82) is 0 Å². The van der Waals surface area contributed by atoms with Crippen LogP contribution in [0.2, 0.25) is 0 Å². The third-order valence-electron chi connectivity index (χ3n) is 2.32. The van der Waals surface area contributed by atoms with Crippen LogP contribution >= 0.6 is 0 Å². The lowest BCUT2D eigenvalue weighted by Crippen LogP contribution is -2.33. The Kier molecular flexibility index (Phi) is 5.12. The molecule has 0 aliphatic heterocycles. The van der Waals surface area contributed by atoms with Gasteiger partial charge in [-0.15, -0.1) is 0 Å². The lowest BCUT2D eigenvalue weighted by molar-refractivity contribution is 0.428. The van der Waals surface area contributed by atoms with E-state index in [4.69, 9.17) is 0 Å². The van der Waals surface area contributed by atoms with Gasteiger partial charge in [-0.25, -0.2) is 0 Å². The minimum atomic E-state index is 0.911. The van der Waals surface area contributed by atoms with E-state index in [1.807, 2.05) is 52.3 Å². The van der Waals surface area contributed by atoms with Gasteiger partial charge in [0.15, 0.2) is 0 Å². The number of rotatable bonds is 3. The minimum absolute atomic E-state index is 0.911. The maximum atomic E-state index is 4.54. The highest BCUT2D eigenvalue weighted by molar-refractivity contribution is 6.69. The molecule has 1 aliphatic carbocycles. The van der Waals surface area contributed by atoms with Crippen LogP contribution < -0.4 is 0 Å². The quantitative estimate of drug-likeness (QED) is 0.702. The van der Waals surface area contributed by atoms with Crippen molar-refractivity contribution in [1.82, 2.24) is 15.0 Å². The molecule has 0 aromatic rings. The number of hydrogen-bond acceptors (Lipinski definition) is 6. The Hall–Kier alpha value is -1.59. The number of hydrogen-bond donors (Lipinski definition) is 0. The second-order valence-electron chi connectivity index (χ2n) is 4.94. The van der Waals surface area contributed by atoms with Gasteiger partial charge in [0, 0.05) is 42.3 Å². The highest BCUT2D eigenvalue weighted by atomic mass is 15.5. The smallest absolute Gasteiger partial charge is 0.130 e. The molecule has 0 aromatic heterocycles. The zero-order valence-corrected chi connectivity index (χ0v) is 12.3. The Bertz CT molecular complexity index is 337. The molecule has 0 amide bonds. The molecule has 6 heteroatoms. The van der Waals surface area contributed by atoms with Gasteiger partial charge in [0.05, 0.1) is 11.4 Å². The summed E-state index contributed by atoms with van der Waals surface area (Å²) in [5, 5.41) is 19.0. The second-order valence-corrected chi connectivity index (χ2v) is 4.94. The zero-order valence-electron chi connectivity index (χ0n) is 12.3. The van der Waals surface area contributed by atoms with Crippen molar-refractivity contribution in [2.45, 2.75) is 19.3 Å². The standard InChI is InChI=1S/C12H24N6/c1-16(2)13-10-8-7-9-11(14-17(3)4)12(10)15-18(5)6/h7-9H2,1-6H3. The SMILES string of the molecule is CN(C)N=C1CCCC(=NN(C)C)C1=NN(C)C. The van der Waals surface area contributed by atoms with E-state index in [0.717, 1.165) is 36.4 Å². The topological polar surface area (TPSA) is 46.8 Å². The fourth-order valence-electron chi connectivity index (χ4n) is 1.82. The van der Waals surface area contributed by atoms with Crippen LogP contribution in [0.5, 0.6) is 0 Å². The first-order chi connectivity index (χ1) is 8.40. The molecule has 18 heavy (non-hydrogen) atoms. The first-order valence-corrected chi connectivity index (χ1v) is 6.16. The molecule has 0 radical (unpaired) electrons. The van der Waals surface area contributed by atoms with Gasteiger partial charge in [0.2, 0.25) is 0 Å². The first-order valence-electron chi connectivity index (χ1n) is 6.16. The molecular formula is C12H24N6. The second kappa shape index (κ2) is 6.37. The van der Waals surface area contributed by atoms with Crippen molar-refractivity contribution in [2.75, 3.05) is 42.3 Å². The van der Waals surface area contributed by atoms with Crippen molar-refractivity contribution in [3.8, 4) is 0 Å². The summed E-state index contributed by atoms with van der Waals surface area (Å²) in [5.41, 5.74) is 2.94. The van der Waals surface area contributed by atoms with Crippen LogP contribution in [0.4, 0.5) is 0 Å². The molecule has 1 fully saturated rings. The molecule has 0 aromatic carbocycles. The fraction of sp³-hybridized carbons (Fsp3) is 0.750. The van der Waals surface area contributed by atoms with Crippen molar-refractivity contribution in [3.05, 3.63) is 0 Å². The molecule has 0 N–H and O–H groups in total. The summed E-state index contributed by atoms with van der Waals surface area (Å²) in [4.78, 5) is 0. The molecule has 6 nitrogen and oxygen atoms in total. The van der Waals surface area contributed by atoms with Gasteiger partial charge < -0.3 is 15.0 Å². The summed E-state index contributed by atoms with van der Waals surface area (Å²) in [5.74, 6) is 0. The summed E-state index contributed by atoms with van der Waals surface area (Å²) in [6.45, 7) is 0. The van der Waals surface area contributed by atoms with E-state index >= 15 is 0 Å². The van der Waals surface area contributed by atoms with Gasteiger partial charge in [-0.2, -0.15) is 15.3 Å². The van der Waals surface area contributed by atoms with Crippen LogP contribution in [0, 0.1) is 0 Å². The van der Waals surface area contributed by atoms with Gasteiger partial charge in [0.25, 0.3) is 0 Å². The van der Waals surface area contributed by atoms with E-state index in [1.165, 1.54) is 0 Å². The Morgan fingerprint density at radius 3 is 1.39 bits per heavy atom. The molecule has 0 bridgehead atoms. The summed E-state index contributed by atoms with van der Waals surface area (Å²) >= 11 is 0. The van der Waals surface area contributed by atoms with Crippen LogP contribution in [-0.4, -0.2) is 74.4 Å². The Morgan fingerprint density at radius 2 is 1.06 bits per heavy atom. The average molecular weight is 252 g/mol. The molecule has 0 unspecified atom stereocenters. The van der Waals surface area contributed by atoms with E-state index in [-0.39, 0.29) is 0 Å². The van der Waals surface area contributed by atoms with Crippen molar-refractivity contribution in [3.63, 3.8) is 0 Å². The van der Waals surface area contributed by atoms with Gasteiger partial charge in [0.1, 0.15) is 5.71 Å². The zero-order chi connectivity index (χ0) is 13.7. The largest absolute Gasteiger partial charge is 0.303 e. The summed E-state index contributed by atoms with van der Waals surface area (Å²) in [6, 6.07) is 0. The van der Waals surface area contributed by atoms with Gasteiger partial charge >= 0.3 is 0 Å². The first kappa shape index (κ1) is 14.5.